The maximum absolute atomic E-state index is 12.4. The van der Waals surface area contributed by atoms with Gasteiger partial charge in [0.1, 0.15) is 29.3 Å². The van der Waals surface area contributed by atoms with Crippen molar-refractivity contribution in [1.29, 1.82) is 0 Å². The van der Waals surface area contributed by atoms with Crippen LogP contribution in [0.3, 0.4) is 0 Å². The van der Waals surface area contributed by atoms with E-state index in [0.29, 0.717) is 17.3 Å². The summed E-state index contributed by atoms with van der Waals surface area (Å²) in [6.45, 7) is 0. The van der Waals surface area contributed by atoms with E-state index in [1.807, 2.05) is 24.3 Å². The Kier molecular flexibility index (Phi) is 5.28. The largest absolute Gasteiger partial charge is 0.497 e. The molecule has 3 aromatic rings. The van der Waals surface area contributed by atoms with Gasteiger partial charge >= 0.3 is 0 Å². The van der Waals surface area contributed by atoms with E-state index in [-0.39, 0.29) is 11.6 Å². The summed E-state index contributed by atoms with van der Waals surface area (Å²) in [5, 5.41) is 5.91. The molecule has 1 aromatic heterocycles. The van der Waals surface area contributed by atoms with E-state index in [1.54, 1.807) is 44.6 Å². The number of methoxy groups -OCH3 is 2. The molecule has 0 aliphatic carbocycles. The highest BCUT2D eigenvalue weighted by molar-refractivity contribution is 6.03. The van der Waals surface area contributed by atoms with Crippen LogP contribution < -0.4 is 20.1 Å². The summed E-state index contributed by atoms with van der Waals surface area (Å²) >= 11 is 0. The van der Waals surface area contributed by atoms with Crippen molar-refractivity contribution in [3.8, 4) is 11.5 Å². The third-order valence-electron chi connectivity index (χ3n) is 3.57. The van der Waals surface area contributed by atoms with Crippen molar-refractivity contribution >= 4 is 23.1 Å². The van der Waals surface area contributed by atoms with Crippen molar-refractivity contribution in [3.63, 3.8) is 0 Å². The summed E-state index contributed by atoms with van der Waals surface area (Å²) in [6, 6.07) is 16.1. The first-order valence-electron chi connectivity index (χ1n) is 7.86. The molecule has 0 bridgehead atoms. The molecule has 7 heteroatoms. The lowest BCUT2D eigenvalue weighted by Gasteiger charge is -2.09. The molecule has 0 spiro atoms. The minimum atomic E-state index is -0.339. The van der Waals surface area contributed by atoms with Gasteiger partial charge in [-0.25, -0.2) is 9.97 Å². The van der Waals surface area contributed by atoms with Crippen LogP contribution >= 0.6 is 0 Å². The number of rotatable bonds is 6. The molecule has 1 amide bonds. The van der Waals surface area contributed by atoms with Crippen molar-refractivity contribution in [2.24, 2.45) is 0 Å². The Hall–Kier alpha value is -3.61. The summed E-state index contributed by atoms with van der Waals surface area (Å²) in [6.07, 6.45) is 1.34. The van der Waals surface area contributed by atoms with Crippen LogP contribution in [-0.2, 0) is 0 Å². The lowest BCUT2D eigenvalue weighted by molar-refractivity contribution is 0.102. The highest BCUT2D eigenvalue weighted by Crippen LogP contribution is 2.21. The predicted molar refractivity (Wildman–Crippen MR) is 99.3 cm³/mol. The zero-order chi connectivity index (χ0) is 18.4. The molecule has 0 fully saturated rings. The molecule has 0 atom stereocenters. The number of carbonyl (C=O) groups excluding carboxylic acids is 1. The van der Waals surface area contributed by atoms with E-state index in [1.165, 1.54) is 6.33 Å². The summed E-state index contributed by atoms with van der Waals surface area (Å²) in [5.74, 6) is 1.55. The highest BCUT2D eigenvalue weighted by Gasteiger charge is 2.10. The summed E-state index contributed by atoms with van der Waals surface area (Å²) in [5.41, 5.74) is 1.66. The van der Waals surface area contributed by atoms with Crippen LogP contribution in [0.2, 0.25) is 0 Å². The fraction of sp³-hybridized carbons (Fsp3) is 0.105. The standard InChI is InChI=1S/C19H18N4O3/c1-25-15-7-3-5-13(9-15)22-18-11-17(20-12-21-18)19(24)23-14-6-4-8-16(10-14)26-2/h3-12H,1-2H3,(H,23,24)(H,20,21,22). The van der Waals surface area contributed by atoms with Crippen molar-refractivity contribution in [3.05, 3.63) is 66.6 Å². The Balaban J connectivity index is 1.74. The van der Waals surface area contributed by atoms with Crippen molar-refractivity contribution in [2.75, 3.05) is 24.9 Å². The Morgan fingerprint density at radius 1 is 0.885 bits per heavy atom. The first kappa shape index (κ1) is 17.2. The first-order chi connectivity index (χ1) is 12.7. The van der Waals surface area contributed by atoms with Gasteiger partial charge in [0.2, 0.25) is 0 Å². The van der Waals surface area contributed by atoms with Crippen molar-refractivity contribution in [1.82, 2.24) is 9.97 Å². The maximum atomic E-state index is 12.4. The molecule has 0 radical (unpaired) electrons. The highest BCUT2D eigenvalue weighted by atomic mass is 16.5. The zero-order valence-electron chi connectivity index (χ0n) is 14.4. The maximum Gasteiger partial charge on any atom is 0.274 e. The van der Waals surface area contributed by atoms with Gasteiger partial charge in [0.25, 0.3) is 5.91 Å². The second kappa shape index (κ2) is 7.98. The molecule has 26 heavy (non-hydrogen) atoms. The van der Waals surface area contributed by atoms with Crippen molar-refractivity contribution < 1.29 is 14.3 Å². The van der Waals surface area contributed by atoms with Crippen LogP contribution in [0.5, 0.6) is 11.5 Å². The summed E-state index contributed by atoms with van der Waals surface area (Å²) in [7, 11) is 3.17. The molecule has 7 nitrogen and oxygen atoms in total. The van der Waals surface area contributed by atoms with Crippen LogP contribution in [0, 0.1) is 0 Å². The van der Waals surface area contributed by atoms with Crippen LogP contribution in [0.15, 0.2) is 60.9 Å². The van der Waals surface area contributed by atoms with E-state index in [2.05, 4.69) is 20.6 Å². The normalized spacial score (nSPS) is 10.1. The molecule has 0 aliphatic rings. The Labute approximate surface area is 151 Å². The number of hydrogen-bond donors (Lipinski definition) is 2. The molecular weight excluding hydrogens is 332 g/mol. The van der Waals surface area contributed by atoms with Gasteiger partial charge in [-0.15, -0.1) is 0 Å². The molecule has 132 valence electrons. The molecule has 2 aromatic carbocycles. The molecule has 0 unspecified atom stereocenters. The average molecular weight is 350 g/mol. The zero-order valence-corrected chi connectivity index (χ0v) is 14.4. The second-order valence-corrected chi connectivity index (χ2v) is 5.33. The number of nitrogens with zero attached hydrogens (tertiary/aromatic N) is 2. The van der Waals surface area contributed by atoms with E-state index < -0.39 is 0 Å². The molecule has 0 saturated heterocycles. The monoisotopic (exact) mass is 350 g/mol. The molecule has 2 N–H and O–H groups in total. The van der Waals surface area contributed by atoms with Gasteiger partial charge in [0.15, 0.2) is 0 Å². The third-order valence-corrected chi connectivity index (χ3v) is 3.57. The number of hydrogen-bond acceptors (Lipinski definition) is 6. The molecular formula is C19H18N4O3. The lowest BCUT2D eigenvalue weighted by atomic mass is 10.2. The minimum absolute atomic E-state index is 0.244. The van der Waals surface area contributed by atoms with Crippen LogP contribution in [0.4, 0.5) is 17.2 Å². The predicted octanol–water partition coefficient (Wildman–Crippen LogP) is 3.49. The topological polar surface area (TPSA) is 85.4 Å². The average Bonchev–Trinajstić information content (AvgIpc) is 2.68. The van der Waals surface area contributed by atoms with Gasteiger partial charge in [-0.3, -0.25) is 4.79 Å². The second-order valence-electron chi connectivity index (χ2n) is 5.33. The van der Waals surface area contributed by atoms with E-state index in [4.69, 9.17) is 9.47 Å². The van der Waals surface area contributed by atoms with Gasteiger partial charge in [-0.1, -0.05) is 12.1 Å². The lowest BCUT2D eigenvalue weighted by Crippen LogP contribution is -2.14. The van der Waals surface area contributed by atoms with Gasteiger partial charge in [0.05, 0.1) is 14.2 Å². The fourth-order valence-electron chi connectivity index (χ4n) is 2.29. The number of aromatic nitrogens is 2. The number of amides is 1. The smallest absolute Gasteiger partial charge is 0.274 e. The Morgan fingerprint density at radius 3 is 2.23 bits per heavy atom. The quantitative estimate of drug-likeness (QED) is 0.708. The van der Waals surface area contributed by atoms with Gasteiger partial charge in [-0.2, -0.15) is 0 Å². The number of carbonyl (C=O) groups is 1. The SMILES string of the molecule is COc1cccc(NC(=O)c2cc(Nc3cccc(OC)c3)ncn2)c1. The molecule has 0 aliphatic heterocycles. The fourth-order valence-corrected chi connectivity index (χ4v) is 2.29. The Bertz CT molecular complexity index is 915. The number of ether oxygens (including phenoxy) is 2. The molecule has 1 heterocycles. The first-order valence-corrected chi connectivity index (χ1v) is 7.86. The molecule has 3 rings (SSSR count). The van der Waals surface area contributed by atoms with E-state index in [9.17, 15) is 4.79 Å². The van der Waals surface area contributed by atoms with E-state index in [0.717, 1.165) is 11.4 Å². The van der Waals surface area contributed by atoms with E-state index >= 15 is 0 Å². The number of benzene rings is 2. The molecule has 0 saturated carbocycles. The van der Waals surface area contributed by atoms with Crippen LogP contribution in [-0.4, -0.2) is 30.1 Å². The van der Waals surface area contributed by atoms with Crippen molar-refractivity contribution in [2.45, 2.75) is 0 Å². The summed E-state index contributed by atoms with van der Waals surface area (Å²) in [4.78, 5) is 20.6. The van der Waals surface area contributed by atoms with Gasteiger partial charge < -0.3 is 20.1 Å². The van der Waals surface area contributed by atoms with Crippen LogP contribution in [0.1, 0.15) is 10.5 Å². The number of anilines is 3. The minimum Gasteiger partial charge on any atom is -0.497 e. The summed E-state index contributed by atoms with van der Waals surface area (Å²) < 4.78 is 10.3. The third kappa shape index (κ3) is 4.27. The number of nitrogens with one attached hydrogen (secondary N) is 2. The van der Waals surface area contributed by atoms with Crippen LogP contribution in [0.25, 0.3) is 0 Å². The van der Waals surface area contributed by atoms with Gasteiger partial charge in [-0.05, 0) is 24.3 Å². The van der Waals surface area contributed by atoms with Gasteiger partial charge in [0, 0.05) is 29.6 Å². The Morgan fingerprint density at radius 2 is 1.54 bits per heavy atom.